The molecule has 0 radical (unpaired) electrons. The molecule has 0 bridgehead atoms. The minimum atomic E-state index is 0.181. The predicted molar refractivity (Wildman–Crippen MR) is 56.1 cm³/mol. The molecule has 1 rings (SSSR count). The Kier molecular flexibility index (Phi) is 4.97. The first-order valence-corrected chi connectivity index (χ1v) is 5.85. The molecule has 14 heavy (non-hydrogen) atoms. The topological polar surface area (TPSA) is 59.2 Å². The zero-order valence-corrected chi connectivity index (χ0v) is 9.38. The third-order valence-corrected chi connectivity index (χ3v) is 2.86. The summed E-state index contributed by atoms with van der Waals surface area (Å²) in [5.41, 5.74) is 0. The summed E-state index contributed by atoms with van der Waals surface area (Å²) in [6.07, 6.45) is 1.89. The highest BCUT2D eigenvalue weighted by molar-refractivity contribution is 7.99. The fraction of sp³-hybridized carbons (Fsp3) is 0.778. The number of aryl methyl sites for hydroxylation is 1. The van der Waals surface area contributed by atoms with E-state index in [1.165, 1.54) is 0 Å². The van der Waals surface area contributed by atoms with Crippen molar-refractivity contribution < 1.29 is 9.63 Å². The van der Waals surface area contributed by atoms with Gasteiger partial charge in [0.25, 0.3) is 0 Å². The average molecular weight is 216 g/mol. The van der Waals surface area contributed by atoms with Gasteiger partial charge in [-0.15, -0.1) is 11.8 Å². The molecule has 0 fully saturated rings. The maximum Gasteiger partial charge on any atom is 0.236 e. The van der Waals surface area contributed by atoms with Crippen LogP contribution in [0.3, 0.4) is 0 Å². The van der Waals surface area contributed by atoms with Crippen molar-refractivity contribution in [1.82, 2.24) is 10.1 Å². The Morgan fingerprint density at radius 1 is 1.57 bits per heavy atom. The molecule has 1 atom stereocenters. The molecule has 1 unspecified atom stereocenters. The molecule has 0 aromatic carbocycles. The molecule has 1 aromatic heterocycles. The van der Waals surface area contributed by atoms with Gasteiger partial charge in [-0.2, -0.15) is 4.98 Å². The molecule has 0 amide bonds. The van der Waals surface area contributed by atoms with Gasteiger partial charge in [0.2, 0.25) is 5.89 Å². The lowest BCUT2D eigenvalue weighted by atomic mass is 10.3. The van der Waals surface area contributed by atoms with E-state index in [0.717, 1.165) is 18.7 Å². The lowest BCUT2D eigenvalue weighted by Gasteiger charge is -2.03. The number of nitrogens with zero attached hydrogens (tertiary/aromatic N) is 2. The Labute approximate surface area is 88.1 Å². The van der Waals surface area contributed by atoms with E-state index in [1.807, 2.05) is 6.92 Å². The van der Waals surface area contributed by atoms with Crippen molar-refractivity contribution in [3.05, 3.63) is 11.7 Å². The zero-order valence-electron chi connectivity index (χ0n) is 8.56. The Bertz CT molecular complexity index is 265. The number of aromatic nitrogens is 2. The molecule has 0 aliphatic carbocycles. The van der Waals surface area contributed by atoms with E-state index in [0.29, 0.717) is 11.6 Å². The fourth-order valence-corrected chi connectivity index (χ4v) is 1.59. The van der Waals surface area contributed by atoms with Crippen molar-refractivity contribution in [3.63, 3.8) is 0 Å². The zero-order chi connectivity index (χ0) is 10.4. The van der Waals surface area contributed by atoms with Crippen LogP contribution in [-0.4, -0.2) is 27.1 Å². The molecular formula is C9H16N2O2S. The van der Waals surface area contributed by atoms with Crippen LogP contribution in [0.2, 0.25) is 0 Å². The third kappa shape index (κ3) is 3.67. The normalized spacial score (nSPS) is 13.1. The number of rotatable bonds is 6. The van der Waals surface area contributed by atoms with Gasteiger partial charge in [0.1, 0.15) is 0 Å². The summed E-state index contributed by atoms with van der Waals surface area (Å²) in [6.45, 7) is 4.23. The van der Waals surface area contributed by atoms with Gasteiger partial charge < -0.3 is 9.63 Å². The summed E-state index contributed by atoms with van der Waals surface area (Å²) in [5.74, 6) is 2.11. The number of thioether (sulfide) groups is 1. The smallest absolute Gasteiger partial charge is 0.236 e. The molecule has 4 nitrogen and oxygen atoms in total. The standard InChI is InChI=1S/C9H16N2O2S/c1-3-4-8-10-9(13-11-8)6-14-7(2)5-12/h7,12H,3-6H2,1-2H3. The first-order chi connectivity index (χ1) is 6.76. The van der Waals surface area contributed by atoms with E-state index in [4.69, 9.17) is 9.63 Å². The summed E-state index contributed by atoms with van der Waals surface area (Å²) < 4.78 is 5.05. The highest BCUT2D eigenvalue weighted by atomic mass is 32.2. The van der Waals surface area contributed by atoms with Crippen molar-refractivity contribution in [3.8, 4) is 0 Å². The first-order valence-electron chi connectivity index (χ1n) is 4.80. The molecule has 1 N–H and O–H groups in total. The van der Waals surface area contributed by atoms with Gasteiger partial charge in [-0.1, -0.05) is 19.0 Å². The quantitative estimate of drug-likeness (QED) is 0.783. The van der Waals surface area contributed by atoms with Crippen molar-refractivity contribution in [2.24, 2.45) is 0 Å². The molecule has 0 saturated heterocycles. The lowest BCUT2D eigenvalue weighted by Crippen LogP contribution is -2.02. The molecule has 0 aliphatic rings. The SMILES string of the molecule is CCCc1noc(CSC(C)CO)n1. The van der Waals surface area contributed by atoms with Gasteiger partial charge in [0.15, 0.2) is 5.82 Å². The van der Waals surface area contributed by atoms with Gasteiger partial charge in [0, 0.05) is 11.7 Å². The Morgan fingerprint density at radius 3 is 3.00 bits per heavy atom. The largest absolute Gasteiger partial charge is 0.395 e. The summed E-state index contributed by atoms with van der Waals surface area (Å²) in [5, 5.41) is 12.9. The van der Waals surface area contributed by atoms with Crippen molar-refractivity contribution in [1.29, 1.82) is 0 Å². The van der Waals surface area contributed by atoms with Crippen molar-refractivity contribution in [2.45, 2.75) is 37.7 Å². The summed E-state index contributed by atoms with van der Waals surface area (Å²) in [6, 6.07) is 0. The van der Waals surface area contributed by atoms with Crippen LogP contribution in [-0.2, 0) is 12.2 Å². The fourth-order valence-electron chi connectivity index (χ4n) is 0.940. The van der Waals surface area contributed by atoms with Gasteiger partial charge in [0.05, 0.1) is 12.4 Å². The first kappa shape index (κ1) is 11.5. The Hall–Kier alpha value is -0.550. The third-order valence-electron chi connectivity index (χ3n) is 1.73. The van der Waals surface area contributed by atoms with E-state index in [9.17, 15) is 0 Å². The van der Waals surface area contributed by atoms with Crippen LogP contribution in [0.4, 0.5) is 0 Å². The van der Waals surface area contributed by atoms with E-state index < -0.39 is 0 Å². The number of aliphatic hydroxyl groups is 1. The molecule has 1 aromatic rings. The highest BCUT2D eigenvalue weighted by Crippen LogP contribution is 2.15. The Balaban J connectivity index is 2.35. The molecule has 80 valence electrons. The van der Waals surface area contributed by atoms with Gasteiger partial charge in [-0.05, 0) is 6.42 Å². The summed E-state index contributed by atoms with van der Waals surface area (Å²) in [7, 11) is 0. The summed E-state index contributed by atoms with van der Waals surface area (Å²) >= 11 is 1.61. The second-order valence-corrected chi connectivity index (χ2v) is 4.59. The second kappa shape index (κ2) is 6.03. The van der Waals surface area contributed by atoms with Gasteiger partial charge in [-0.3, -0.25) is 0 Å². The molecule has 5 heteroatoms. The van der Waals surface area contributed by atoms with E-state index in [1.54, 1.807) is 11.8 Å². The van der Waals surface area contributed by atoms with Gasteiger partial charge in [-0.25, -0.2) is 0 Å². The van der Waals surface area contributed by atoms with Crippen LogP contribution in [0.25, 0.3) is 0 Å². The minimum absolute atomic E-state index is 0.181. The number of hydrogen-bond acceptors (Lipinski definition) is 5. The van der Waals surface area contributed by atoms with Crippen LogP contribution < -0.4 is 0 Å². The van der Waals surface area contributed by atoms with E-state index in [2.05, 4.69) is 17.1 Å². The van der Waals surface area contributed by atoms with Crippen molar-refractivity contribution in [2.75, 3.05) is 6.61 Å². The number of hydrogen-bond donors (Lipinski definition) is 1. The van der Waals surface area contributed by atoms with Crippen LogP contribution in [0.5, 0.6) is 0 Å². The average Bonchev–Trinajstić information content (AvgIpc) is 2.63. The van der Waals surface area contributed by atoms with E-state index >= 15 is 0 Å². The highest BCUT2D eigenvalue weighted by Gasteiger charge is 2.07. The van der Waals surface area contributed by atoms with Crippen LogP contribution >= 0.6 is 11.8 Å². The van der Waals surface area contributed by atoms with Crippen LogP contribution in [0.15, 0.2) is 4.52 Å². The Morgan fingerprint density at radius 2 is 2.36 bits per heavy atom. The maximum absolute atomic E-state index is 8.81. The monoisotopic (exact) mass is 216 g/mol. The van der Waals surface area contributed by atoms with Crippen LogP contribution in [0, 0.1) is 0 Å². The lowest BCUT2D eigenvalue weighted by molar-refractivity contribution is 0.300. The predicted octanol–water partition coefficient (Wildman–Crippen LogP) is 1.64. The molecule has 0 spiro atoms. The molecule has 0 saturated carbocycles. The molecule has 0 aliphatic heterocycles. The van der Waals surface area contributed by atoms with Crippen molar-refractivity contribution >= 4 is 11.8 Å². The maximum atomic E-state index is 8.81. The molecular weight excluding hydrogens is 200 g/mol. The van der Waals surface area contributed by atoms with Crippen LogP contribution in [0.1, 0.15) is 32.0 Å². The van der Waals surface area contributed by atoms with Gasteiger partial charge >= 0.3 is 0 Å². The minimum Gasteiger partial charge on any atom is -0.395 e. The molecule has 1 heterocycles. The van der Waals surface area contributed by atoms with E-state index in [-0.39, 0.29) is 11.9 Å². The summed E-state index contributed by atoms with van der Waals surface area (Å²) in [4.78, 5) is 4.23. The second-order valence-electron chi connectivity index (χ2n) is 3.16. The number of aliphatic hydroxyl groups excluding tert-OH is 1.